The Hall–Kier alpha value is -3.15. The Balaban J connectivity index is 1.75. The molecule has 2 aromatic carbocycles. The van der Waals surface area contributed by atoms with Gasteiger partial charge in [0.1, 0.15) is 5.75 Å². The number of aromatic nitrogens is 2. The fourth-order valence-electron chi connectivity index (χ4n) is 2.22. The lowest BCUT2D eigenvalue weighted by Gasteiger charge is -2.07. The lowest BCUT2D eigenvalue weighted by molar-refractivity contribution is 0.102. The monoisotopic (exact) mass is 323 g/mol. The van der Waals surface area contributed by atoms with Gasteiger partial charge in [0.05, 0.1) is 6.61 Å². The predicted octanol–water partition coefficient (Wildman–Crippen LogP) is 3.70. The largest absolute Gasteiger partial charge is 0.494 e. The number of nitrogens with one attached hydrogen (secondary N) is 1. The number of hydrogen-bond acceptors (Lipinski definition) is 5. The summed E-state index contributed by atoms with van der Waals surface area (Å²) in [6.07, 6.45) is 0. The summed E-state index contributed by atoms with van der Waals surface area (Å²) in [5.41, 5.74) is 1.94. The van der Waals surface area contributed by atoms with E-state index >= 15 is 0 Å². The number of benzene rings is 2. The molecule has 1 aromatic heterocycles. The minimum Gasteiger partial charge on any atom is -0.494 e. The van der Waals surface area contributed by atoms with E-state index in [1.807, 2.05) is 25.1 Å². The summed E-state index contributed by atoms with van der Waals surface area (Å²) >= 11 is 0. The van der Waals surface area contributed by atoms with Gasteiger partial charge >= 0.3 is 0 Å². The molecule has 6 heteroatoms. The molecule has 0 aliphatic rings. The molecule has 0 spiro atoms. The van der Waals surface area contributed by atoms with Crippen LogP contribution in [0.15, 0.2) is 53.1 Å². The van der Waals surface area contributed by atoms with Crippen LogP contribution in [0, 0.1) is 6.92 Å². The Morgan fingerprint density at radius 2 is 2.00 bits per heavy atom. The van der Waals surface area contributed by atoms with Crippen LogP contribution in [0.2, 0.25) is 0 Å². The van der Waals surface area contributed by atoms with Crippen molar-refractivity contribution in [1.29, 1.82) is 0 Å². The van der Waals surface area contributed by atoms with Gasteiger partial charge in [-0.05, 0) is 43.3 Å². The van der Waals surface area contributed by atoms with Crippen molar-refractivity contribution in [2.75, 3.05) is 11.9 Å². The summed E-state index contributed by atoms with van der Waals surface area (Å²) < 4.78 is 10.4. The first-order valence-electron chi connectivity index (χ1n) is 7.60. The van der Waals surface area contributed by atoms with Crippen LogP contribution < -0.4 is 10.1 Å². The van der Waals surface area contributed by atoms with Gasteiger partial charge in [0.25, 0.3) is 5.91 Å². The van der Waals surface area contributed by atoms with Gasteiger partial charge < -0.3 is 14.6 Å². The van der Waals surface area contributed by atoms with E-state index in [1.165, 1.54) is 0 Å². The van der Waals surface area contributed by atoms with Gasteiger partial charge in [-0.15, -0.1) is 0 Å². The normalized spacial score (nSPS) is 10.4. The fraction of sp³-hybridized carbons (Fsp3) is 0.167. The number of carbonyl (C=O) groups excluding carboxylic acids is 1. The highest BCUT2D eigenvalue weighted by Crippen LogP contribution is 2.19. The van der Waals surface area contributed by atoms with Crippen LogP contribution in [-0.4, -0.2) is 22.7 Å². The predicted molar refractivity (Wildman–Crippen MR) is 90.0 cm³/mol. The van der Waals surface area contributed by atoms with Gasteiger partial charge in [-0.2, -0.15) is 4.98 Å². The SMILES string of the molecule is CCOc1ccc(NC(=O)c2cccc(-c3noc(C)n3)c2)cc1. The molecule has 0 fully saturated rings. The molecule has 0 aliphatic heterocycles. The van der Waals surface area contributed by atoms with Gasteiger partial charge in [-0.25, -0.2) is 0 Å². The smallest absolute Gasteiger partial charge is 0.255 e. The van der Waals surface area contributed by atoms with Crippen molar-refractivity contribution in [3.05, 3.63) is 60.0 Å². The Morgan fingerprint density at radius 1 is 1.21 bits per heavy atom. The molecule has 24 heavy (non-hydrogen) atoms. The third kappa shape index (κ3) is 3.60. The quantitative estimate of drug-likeness (QED) is 0.774. The molecule has 6 nitrogen and oxygen atoms in total. The van der Waals surface area contributed by atoms with E-state index < -0.39 is 0 Å². The Kier molecular flexibility index (Phi) is 4.56. The molecule has 3 aromatic rings. The van der Waals surface area contributed by atoms with Crippen molar-refractivity contribution in [2.24, 2.45) is 0 Å². The number of hydrogen-bond donors (Lipinski definition) is 1. The number of ether oxygens (including phenoxy) is 1. The van der Waals surface area contributed by atoms with E-state index in [2.05, 4.69) is 15.5 Å². The summed E-state index contributed by atoms with van der Waals surface area (Å²) in [4.78, 5) is 16.6. The minimum absolute atomic E-state index is 0.207. The van der Waals surface area contributed by atoms with Gasteiger partial charge in [0.15, 0.2) is 0 Å². The Bertz CT molecular complexity index is 841. The maximum Gasteiger partial charge on any atom is 0.255 e. The second kappa shape index (κ2) is 6.95. The molecule has 0 atom stereocenters. The zero-order chi connectivity index (χ0) is 16.9. The lowest BCUT2D eigenvalue weighted by atomic mass is 10.1. The highest BCUT2D eigenvalue weighted by atomic mass is 16.5. The van der Waals surface area contributed by atoms with Crippen LogP contribution in [0.3, 0.4) is 0 Å². The molecule has 1 N–H and O–H groups in total. The first-order valence-corrected chi connectivity index (χ1v) is 7.60. The summed E-state index contributed by atoms with van der Waals surface area (Å²) in [7, 11) is 0. The van der Waals surface area contributed by atoms with Crippen LogP contribution in [0.5, 0.6) is 5.75 Å². The van der Waals surface area contributed by atoms with Crippen molar-refractivity contribution in [3.8, 4) is 17.1 Å². The van der Waals surface area contributed by atoms with E-state index in [1.54, 1.807) is 37.3 Å². The van der Waals surface area contributed by atoms with E-state index in [9.17, 15) is 4.79 Å². The third-order valence-electron chi connectivity index (χ3n) is 3.33. The average molecular weight is 323 g/mol. The van der Waals surface area contributed by atoms with Crippen LogP contribution in [0.4, 0.5) is 5.69 Å². The molecule has 1 amide bonds. The Labute approximate surface area is 139 Å². The number of carbonyl (C=O) groups is 1. The van der Waals surface area contributed by atoms with Crippen molar-refractivity contribution in [1.82, 2.24) is 10.1 Å². The maximum absolute atomic E-state index is 12.4. The average Bonchev–Trinajstić information content (AvgIpc) is 3.03. The summed E-state index contributed by atoms with van der Waals surface area (Å²) in [5, 5.41) is 6.72. The first-order chi connectivity index (χ1) is 11.7. The number of amides is 1. The molecule has 0 saturated heterocycles. The fourth-order valence-corrected chi connectivity index (χ4v) is 2.22. The number of aryl methyl sites for hydroxylation is 1. The molecule has 0 saturated carbocycles. The van der Waals surface area contributed by atoms with Crippen LogP contribution >= 0.6 is 0 Å². The van der Waals surface area contributed by atoms with E-state index in [-0.39, 0.29) is 5.91 Å². The third-order valence-corrected chi connectivity index (χ3v) is 3.33. The standard InChI is InChI=1S/C18H17N3O3/c1-3-23-16-9-7-15(8-10-16)20-18(22)14-6-4-5-13(11-14)17-19-12(2)24-21-17/h4-11H,3H2,1-2H3,(H,20,22). The van der Waals surface area contributed by atoms with Crippen molar-refractivity contribution >= 4 is 11.6 Å². The molecule has 0 unspecified atom stereocenters. The maximum atomic E-state index is 12.4. The topological polar surface area (TPSA) is 77.2 Å². The van der Waals surface area contributed by atoms with Gasteiger partial charge in [0, 0.05) is 23.7 Å². The first kappa shape index (κ1) is 15.7. The van der Waals surface area contributed by atoms with Crippen LogP contribution in [-0.2, 0) is 0 Å². The van der Waals surface area contributed by atoms with Gasteiger partial charge in [-0.1, -0.05) is 17.3 Å². The number of anilines is 1. The molecule has 0 bridgehead atoms. The highest BCUT2D eigenvalue weighted by molar-refractivity contribution is 6.04. The van der Waals surface area contributed by atoms with Crippen molar-refractivity contribution in [3.63, 3.8) is 0 Å². The zero-order valence-corrected chi connectivity index (χ0v) is 13.4. The van der Waals surface area contributed by atoms with Gasteiger partial charge in [0.2, 0.25) is 11.7 Å². The number of rotatable bonds is 5. The van der Waals surface area contributed by atoms with E-state index in [0.29, 0.717) is 29.6 Å². The van der Waals surface area contributed by atoms with Crippen LogP contribution in [0.25, 0.3) is 11.4 Å². The second-order valence-electron chi connectivity index (χ2n) is 5.13. The lowest BCUT2D eigenvalue weighted by Crippen LogP contribution is -2.11. The number of nitrogens with zero attached hydrogens (tertiary/aromatic N) is 2. The highest BCUT2D eigenvalue weighted by Gasteiger charge is 2.10. The second-order valence-corrected chi connectivity index (χ2v) is 5.13. The molecule has 0 aliphatic carbocycles. The van der Waals surface area contributed by atoms with E-state index in [4.69, 9.17) is 9.26 Å². The summed E-state index contributed by atoms with van der Waals surface area (Å²) in [5.74, 6) is 1.50. The molecule has 3 rings (SSSR count). The van der Waals surface area contributed by atoms with E-state index in [0.717, 1.165) is 11.3 Å². The van der Waals surface area contributed by atoms with Crippen LogP contribution in [0.1, 0.15) is 23.2 Å². The van der Waals surface area contributed by atoms with Crippen molar-refractivity contribution < 1.29 is 14.1 Å². The van der Waals surface area contributed by atoms with Crippen molar-refractivity contribution in [2.45, 2.75) is 13.8 Å². The zero-order valence-electron chi connectivity index (χ0n) is 13.4. The Morgan fingerprint density at radius 3 is 2.67 bits per heavy atom. The minimum atomic E-state index is -0.207. The molecule has 1 heterocycles. The summed E-state index contributed by atoms with van der Waals surface area (Å²) in [6, 6.07) is 14.3. The molecular formula is C18H17N3O3. The molecule has 0 radical (unpaired) electrons. The molecule has 122 valence electrons. The summed E-state index contributed by atoms with van der Waals surface area (Å²) in [6.45, 7) is 4.25. The van der Waals surface area contributed by atoms with Gasteiger partial charge in [-0.3, -0.25) is 4.79 Å². The molecular weight excluding hydrogens is 306 g/mol.